The number of aromatic nitrogens is 2. The van der Waals surface area contributed by atoms with Crippen molar-refractivity contribution in [3.05, 3.63) is 34.6 Å². The number of nitrogens with zero attached hydrogens (tertiary/aromatic N) is 2. The van der Waals surface area contributed by atoms with Gasteiger partial charge in [-0.15, -0.1) is 11.3 Å². The van der Waals surface area contributed by atoms with Crippen molar-refractivity contribution < 1.29 is 9.53 Å². The van der Waals surface area contributed by atoms with Gasteiger partial charge in [-0.3, -0.25) is 4.98 Å². The molecule has 0 N–H and O–H groups in total. The van der Waals surface area contributed by atoms with Gasteiger partial charge in [0.15, 0.2) is 0 Å². The Labute approximate surface area is 103 Å². The van der Waals surface area contributed by atoms with E-state index in [2.05, 4.69) is 9.97 Å². The van der Waals surface area contributed by atoms with Crippen LogP contribution in [0.3, 0.4) is 0 Å². The Hall–Kier alpha value is -1.75. The third kappa shape index (κ3) is 2.34. The van der Waals surface area contributed by atoms with Crippen molar-refractivity contribution in [2.45, 2.75) is 13.8 Å². The molecule has 0 spiro atoms. The lowest BCUT2D eigenvalue weighted by Gasteiger charge is -1.95. The van der Waals surface area contributed by atoms with E-state index in [1.54, 1.807) is 13.1 Å². The summed E-state index contributed by atoms with van der Waals surface area (Å²) in [6, 6.07) is 3.87. The molecule has 0 atom stereocenters. The second-order valence-corrected chi connectivity index (χ2v) is 4.61. The minimum absolute atomic E-state index is 0.341. The molecule has 0 aliphatic heterocycles. The van der Waals surface area contributed by atoms with Gasteiger partial charge >= 0.3 is 5.97 Å². The topological polar surface area (TPSA) is 52.1 Å². The quantitative estimate of drug-likeness (QED) is 0.766. The highest BCUT2D eigenvalue weighted by atomic mass is 32.1. The van der Waals surface area contributed by atoms with Gasteiger partial charge in [0.25, 0.3) is 0 Å². The number of methoxy groups -OCH3 is 1. The molecule has 4 nitrogen and oxygen atoms in total. The van der Waals surface area contributed by atoms with E-state index in [-0.39, 0.29) is 5.97 Å². The smallest absolute Gasteiger partial charge is 0.349 e. The SMILES string of the molecule is COC(=O)c1sc(-c2ccc(C)nc2)nc1C. The lowest BCUT2D eigenvalue weighted by Crippen LogP contribution is -1.99. The average molecular weight is 248 g/mol. The lowest BCUT2D eigenvalue weighted by atomic mass is 10.2. The first-order valence-electron chi connectivity index (χ1n) is 5.10. The number of aryl methyl sites for hydroxylation is 2. The minimum atomic E-state index is -0.341. The Morgan fingerprint density at radius 2 is 2.12 bits per heavy atom. The van der Waals surface area contributed by atoms with Crippen LogP contribution in [0.4, 0.5) is 0 Å². The van der Waals surface area contributed by atoms with Gasteiger partial charge in [-0.05, 0) is 26.0 Å². The van der Waals surface area contributed by atoms with E-state index < -0.39 is 0 Å². The first-order valence-corrected chi connectivity index (χ1v) is 5.92. The van der Waals surface area contributed by atoms with Gasteiger partial charge in [0, 0.05) is 17.5 Å². The van der Waals surface area contributed by atoms with Crippen molar-refractivity contribution in [2.75, 3.05) is 7.11 Å². The summed E-state index contributed by atoms with van der Waals surface area (Å²) < 4.78 is 4.70. The fraction of sp³-hybridized carbons (Fsp3) is 0.250. The Kier molecular flexibility index (Phi) is 3.19. The predicted octanol–water partition coefficient (Wildman–Crippen LogP) is 2.61. The number of pyridine rings is 1. The monoisotopic (exact) mass is 248 g/mol. The van der Waals surface area contributed by atoms with E-state index in [1.807, 2.05) is 19.1 Å². The molecular weight excluding hydrogens is 236 g/mol. The van der Waals surface area contributed by atoms with E-state index >= 15 is 0 Å². The van der Waals surface area contributed by atoms with Crippen LogP contribution in [0, 0.1) is 13.8 Å². The molecule has 88 valence electrons. The van der Waals surface area contributed by atoms with E-state index in [0.29, 0.717) is 10.6 Å². The van der Waals surface area contributed by atoms with Crippen LogP contribution in [0.15, 0.2) is 18.3 Å². The van der Waals surface area contributed by atoms with Gasteiger partial charge in [-0.2, -0.15) is 0 Å². The Morgan fingerprint density at radius 3 is 2.71 bits per heavy atom. The molecule has 0 unspecified atom stereocenters. The Balaban J connectivity index is 2.41. The zero-order valence-corrected chi connectivity index (χ0v) is 10.7. The van der Waals surface area contributed by atoms with Crippen molar-refractivity contribution in [1.29, 1.82) is 0 Å². The van der Waals surface area contributed by atoms with Crippen LogP contribution in [0.25, 0.3) is 10.6 Å². The van der Waals surface area contributed by atoms with Crippen molar-refractivity contribution in [3.8, 4) is 10.6 Å². The number of hydrogen-bond donors (Lipinski definition) is 0. The number of ether oxygens (including phenoxy) is 1. The molecule has 0 fully saturated rings. The molecular formula is C12H12N2O2S. The number of esters is 1. The third-order valence-corrected chi connectivity index (χ3v) is 3.51. The van der Waals surface area contributed by atoms with Gasteiger partial charge in [0.2, 0.25) is 0 Å². The molecule has 0 aliphatic carbocycles. The molecule has 0 bridgehead atoms. The van der Waals surface area contributed by atoms with E-state index in [4.69, 9.17) is 4.74 Å². The van der Waals surface area contributed by atoms with E-state index in [0.717, 1.165) is 16.3 Å². The van der Waals surface area contributed by atoms with Crippen LogP contribution >= 0.6 is 11.3 Å². The number of carbonyl (C=O) groups is 1. The van der Waals surface area contributed by atoms with Crippen molar-refractivity contribution in [1.82, 2.24) is 9.97 Å². The van der Waals surface area contributed by atoms with Crippen molar-refractivity contribution >= 4 is 17.3 Å². The summed E-state index contributed by atoms with van der Waals surface area (Å²) >= 11 is 1.33. The molecule has 2 aromatic heterocycles. The maximum absolute atomic E-state index is 11.5. The summed E-state index contributed by atoms with van der Waals surface area (Å²) in [6.07, 6.45) is 1.76. The molecule has 17 heavy (non-hydrogen) atoms. The van der Waals surface area contributed by atoms with Crippen LogP contribution in [0.5, 0.6) is 0 Å². The van der Waals surface area contributed by atoms with E-state index in [1.165, 1.54) is 18.4 Å². The zero-order chi connectivity index (χ0) is 12.4. The highest BCUT2D eigenvalue weighted by Gasteiger charge is 2.16. The van der Waals surface area contributed by atoms with Crippen LogP contribution < -0.4 is 0 Å². The fourth-order valence-corrected chi connectivity index (χ4v) is 2.37. The number of thiazole rings is 1. The summed E-state index contributed by atoms with van der Waals surface area (Å²) in [7, 11) is 1.37. The van der Waals surface area contributed by atoms with Crippen molar-refractivity contribution in [3.63, 3.8) is 0 Å². The maximum atomic E-state index is 11.5. The van der Waals surface area contributed by atoms with Gasteiger partial charge in [-0.25, -0.2) is 9.78 Å². The standard InChI is InChI=1S/C12H12N2O2S/c1-7-4-5-9(6-13-7)11-14-8(2)10(17-11)12(15)16-3/h4-6H,1-3H3. The highest BCUT2D eigenvalue weighted by molar-refractivity contribution is 7.17. The molecule has 0 radical (unpaired) electrons. The van der Waals surface area contributed by atoms with Gasteiger partial charge in [0.05, 0.1) is 12.8 Å². The molecule has 2 heterocycles. The van der Waals surface area contributed by atoms with Crippen LogP contribution in [-0.2, 0) is 4.74 Å². The summed E-state index contributed by atoms with van der Waals surface area (Å²) in [5, 5.41) is 0.787. The van der Waals surface area contributed by atoms with Crippen LogP contribution in [0.1, 0.15) is 21.1 Å². The first kappa shape index (κ1) is 11.7. The molecule has 2 aromatic rings. The molecule has 0 saturated heterocycles. The number of rotatable bonds is 2. The second kappa shape index (κ2) is 4.63. The molecule has 0 saturated carbocycles. The second-order valence-electron chi connectivity index (χ2n) is 3.61. The summed E-state index contributed by atoms with van der Waals surface area (Å²) in [6.45, 7) is 3.73. The molecule has 0 amide bonds. The summed E-state index contributed by atoms with van der Waals surface area (Å²) in [5.74, 6) is -0.341. The predicted molar refractivity (Wildman–Crippen MR) is 66.2 cm³/mol. The summed E-state index contributed by atoms with van der Waals surface area (Å²) in [4.78, 5) is 20.6. The Morgan fingerprint density at radius 1 is 1.35 bits per heavy atom. The van der Waals surface area contributed by atoms with Crippen LogP contribution in [0.2, 0.25) is 0 Å². The van der Waals surface area contributed by atoms with Gasteiger partial charge < -0.3 is 4.74 Å². The van der Waals surface area contributed by atoms with Gasteiger partial charge in [0.1, 0.15) is 9.88 Å². The van der Waals surface area contributed by atoms with Crippen LogP contribution in [-0.4, -0.2) is 23.0 Å². The molecule has 5 heteroatoms. The average Bonchev–Trinajstić information content (AvgIpc) is 2.71. The summed E-state index contributed by atoms with van der Waals surface area (Å²) in [5.41, 5.74) is 2.56. The van der Waals surface area contributed by atoms with Crippen molar-refractivity contribution in [2.24, 2.45) is 0 Å². The highest BCUT2D eigenvalue weighted by Crippen LogP contribution is 2.27. The minimum Gasteiger partial charge on any atom is -0.465 e. The fourth-order valence-electron chi connectivity index (χ4n) is 1.40. The Bertz CT molecular complexity index is 546. The lowest BCUT2D eigenvalue weighted by molar-refractivity contribution is 0.0605. The first-order chi connectivity index (χ1) is 8.11. The van der Waals surface area contributed by atoms with E-state index in [9.17, 15) is 4.79 Å². The molecule has 0 aliphatic rings. The number of carbonyl (C=O) groups excluding carboxylic acids is 1. The number of hydrogen-bond acceptors (Lipinski definition) is 5. The normalized spacial score (nSPS) is 10.3. The maximum Gasteiger partial charge on any atom is 0.349 e. The molecule has 0 aromatic carbocycles. The van der Waals surface area contributed by atoms with Gasteiger partial charge in [-0.1, -0.05) is 0 Å². The zero-order valence-electron chi connectivity index (χ0n) is 9.85. The third-order valence-electron chi connectivity index (χ3n) is 2.33. The molecule has 2 rings (SSSR count). The largest absolute Gasteiger partial charge is 0.465 e.